The van der Waals surface area contributed by atoms with E-state index in [1.165, 1.54) is 25.9 Å². The summed E-state index contributed by atoms with van der Waals surface area (Å²) in [7, 11) is 3.91. The monoisotopic (exact) mass is 528 g/mol. The van der Waals surface area contributed by atoms with Crippen molar-refractivity contribution in [2.75, 3.05) is 40.3 Å². The van der Waals surface area contributed by atoms with Crippen LogP contribution in [0.2, 0.25) is 0 Å². The van der Waals surface area contributed by atoms with Crippen LogP contribution in [-0.2, 0) is 17.9 Å². The first-order valence-electron chi connectivity index (χ1n) is 9.71. The Morgan fingerprint density at radius 1 is 1.14 bits per heavy atom. The fourth-order valence-corrected chi connectivity index (χ4v) is 3.19. The molecule has 2 N–H and O–H groups in total. The number of guanidine groups is 1. The van der Waals surface area contributed by atoms with Gasteiger partial charge in [-0.25, -0.2) is 0 Å². The minimum Gasteiger partial charge on any atom is -0.367 e. The fourth-order valence-electron chi connectivity index (χ4n) is 3.19. The first kappa shape index (κ1) is 26.0. The van der Waals surface area contributed by atoms with Crippen molar-refractivity contribution in [3.63, 3.8) is 0 Å². The summed E-state index contributed by atoms with van der Waals surface area (Å²) in [5.41, 5.74) is 1.74. The lowest BCUT2D eigenvalue weighted by Crippen LogP contribution is -2.38. The summed E-state index contributed by atoms with van der Waals surface area (Å²) in [5.74, 6) is 1.53. The fraction of sp³-hybridized carbons (Fsp3) is 0.650. The van der Waals surface area contributed by atoms with E-state index < -0.39 is 12.8 Å². The summed E-state index contributed by atoms with van der Waals surface area (Å²) < 4.78 is 40.9. The smallest absolute Gasteiger partial charge is 0.367 e. The van der Waals surface area contributed by atoms with Gasteiger partial charge < -0.3 is 20.3 Å². The number of likely N-dealkylation sites (tertiary alicyclic amines) is 1. The number of hydrogen-bond donors (Lipinski definition) is 2. The lowest BCUT2D eigenvalue weighted by atomic mass is 9.94. The van der Waals surface area contributed by atoms with Gasteiger partial charge in [0.15, 0.2) is 5.96 Å². The molecule has 0 bridgehead atoms. The molecule has 0 aromatic heterocycles. The van der Waals surface area contributed by atoms with Crippen molar-refractivity contribution in [2.24, 2.45) is 10.9 Å². The Balaban J connectivity index is 0.00000420. The van der Waals surface area contributed by atoms with Gasteiger partial charge in [0.1, 0.15) is 6.61 Å². The minimum absolute atomic E-state index is 0. The van der Waals surface area contributed by atoms with Gasteiger partial charge in [-0.1, -0.05) is 24.3 Å². The molecule has 0 aliphatic carbocycles. The zero-order valence-corrected chi connectivity index (χ0v) is 19.4. The Bertz CT molecular complexity index is 603. The summed E-state index contributed by atoms with van der Waals surface area (Å²) in [6.07, 6.45) is -0.645. The van der Waals surface area contributed by atoms with E-state index in [-0.39, 0.29) is 30.6 Å². The third-order valence-corrected chi connectivity index (χ3v) is 4.92. The molecule has 166 valence electrons. The van der Waals surface area contributed by atoms with E-state index in [4.69, 9.17) is 0 Å². The van der Waals surface area contributed by atoms with E-state index in [0.29, 0.717) is 12.1 Å². The average molecular weight is 528 g/mol. The van der Waals surface area contributed by atoms with Crippen molar-refractivity contribution in [3.8, 4) is 0 Å². The van der Waals surface area contributed by atoms with Gasteiger partial charge in [-0.2, -0.15) is 13.2 Å². The van der Waals surface area contributed by atoms with Crippen LogP contribution in [0.1, 0.15) is 30.4 Å². The van der Waals surface area contributed by atoms with Crippen molar-refractivity contribution < 1.29 is 17.9 Å². The van der Waals surface area contributed by atoms with Crippen LogP contribution in [0.3, 0.4) is 0 Å². The van der Waals surface area contributed by atoms with Gasteiger partial charge in [-0.05, 0) is 56.4 Å². The number of aliphatic imine (C=N–C) groups is 1. The predicted molar refractivity (Wildman–Crippen MR) is 121 cm³/mol. The highest BCUT2D eigenvalue weighted by Crippen LogP contribution is 2.18. The minimum atomic E-state index is -4.29. The number of benzene rings is 1. The van der Waals surface area contributed by atoms with E-state index in [2.05, 4.69) is 32.3 Å². The number of ether oxygens (including phenoxy) is 1. The predicted octanol–water partition coefficient (Wildman–Crippen LogP) is 3.78. The molecule has 0 amide bonds. The van der Waals surface area contributed by atoms with Crippen molar-refractivity contribution in [2.45, 2.75) is 38.6 Å². The van der Waals surface area contributed by atoms with Crippen LogP contribution in [0.25, 0.3) is 0 Å². The highest BCUT2D eigenvalue weighted by Gasteiger charge is 2.27. The highest BCUT2D eigenvalue weighted by molar-refractivity contribution is 14.0. The molecule has 29 heavy (non-hydrogen) atoms. The molecule has 1 fully saturated rings. The van der Waals surface area contributed by atoms with Gasteiger partial charge in [-0.15, -0.1) is 24.0 Å². The number of hydrogen-bond acceptors (Lipinski definition) is 3. The van der Waals surface area contributed by atoms with Crippen LogP contribution >= 0.6 is 24.0 Å². The molecule has 0 unspecified atom stereocenters. The van der Waals surface area contributed by atoms with E-state index in [0.717, 1.165) is 30.4 Å². The molecular weight excluding hydrogens is 496 g/mol. The number of rotatable bonds is 8. The number of piperidine rings is 1. The number of halogens is 4. The quantitative estimate of drug-likeness (QED) is 0.307. The maximum Gasteiger partial charge on any atom is 0.411 e. The SMILES string of the molecule is CN=C(NCCC1CCN(C)CC1)NCc1ccc(COCC(F)(F)F)cc1.I. The maximum absolute atomic E-state index is 12.1. The molecule has 5 nitrogen and oxygen atoms in total. The van der Waals surface area contributed by atoms with Crippen molar-refractivity contribution in [1.29, 1.82) is 0 Å². The Morgan fingerprint density at radius 2 is 1.76 bits per heavy atom. The molecule has 0 atom stereocenters. The third-order valence-electron chi connectivity index (χ3n) is 4.92. The van der Waals surface area contributed by atoms with Gasteiger partial charge in [0.25, 0.3) is 0 Å². The summed E-state index contributed by atoms with van der Waals surface area (Å²) in [5, 5.41) is 6.61. The zero-order chi connectivity index (χ0) is 20.4. The molecule has 1 aromatic rings. The van der Waals surface area contributed by atoms with E-state index in [1.54, 1.807) is 19.2 Å². The largest absolute Gasteiger partial charge is 0.411 e. The summed E-state index contributed by atoms with van der Waals surface area (Å²) in [4.78, 5) is 6.61. The van der Waals surface area contributed by atoms with Crippen LogP contribution in [0, 0.1) is 5.92 Å². The summed E-state index contributed by atoms with van der Waals surface area (Å²) >= 11 is 0. The Hall–Kier alpha value is -1.07. The summed E-state index contributed by atoms with van der Waals surface area (Å²) in [6.45, 7) is 2.56. The zero-order valence-electron chi connectivity index (χ0n) is 17.1. The molecule has 0 spiro atoms. The molecule has 1 aliphatic heterocycles. The lowest BCUT2D eigenvalue weighted by molar-refractivity contribution is -0.176. The van der Waals surface area contributed by atoms with Gasteiger partial charge in [0, 0.05) is 20.1 Å². The molecule has 0 saturated carbocycles. The molecule has 1 aliphatic rings. The molecule has 1 aromatic carbocycles. The number of alkyl halides is 3. The Labute approximate surface area is 188 Å². The molecular formula is C20H32F3IN4O. The van der Waals surface area contributed by atoms with Crippen LogP contribution in [-0.4, -0.2) is 57.4 Å². The highest BCUT2D eigenvalue weighted by atomic mass is 127. The van der Waals surface area contributed by atoms with Gasteiger partial charge in [0.2, 0.25) is 0 Å². The van der Waals surface area contributed by atoms with Crippen molar-refractivity contribution in [1.82, 2.24) is 15.5 Å². The molecule has 2 rings (SSSR count). The first-order valence-corrected chi connectivity index (χ1v) is 9.71. The summed E-state index contributed by atoms with van der Waals surface area (Å²) in [6, 6.07) is 7.32. The lowest BCUT2D eigenvalue weighted by Gasteiger charge is -2.29. The maximum atomic E-state index is 12.1. The topological polar surface area (TPSA) is 48.9 Å². The van der Waals surface area contributed by atoms with Crippen LogP contribution in [0.4, 0.5) is 13.2 Å². The first-order chi connectivity index (χ1) is 13.4. The second kappa shape index (κ2) is 13.3. The van der Waals surface area contributed by atoms with E-state index in [9.17, 15) is 13.2 Å². The molecule has 1 saturated heterocycles. The number of nitrogens with zero attached hydrogens (tertiary/aromatic N) is 2. The van der Waals surface area contributed by atoms with Crippen molar-refractivity contribution in [3.05, 3.63) is 35.4 Å². The molecule has 0 radical (unpaired) electrons. The van der Waals surface area contributed by atoms with Crippen LogP contribution in [0.15, 0.2) is 29.3 Å². The number of nitrogens with one attached hydrogen (secondary N) is 2. The van der Waals surface area contributed by atoms with Gasteiger partial charge >= 0.3 is 6.18 Å². The van der Waals surface area contributed by atoms with E-state index in [1.807, 2.05) is 12.1 Å². The normalized spacial score (nSPS) is 16.4. The van der Waals surface area contributed by atoms with Crippen molar-refractivity contribution >= 4 is 29.9 Å². The third kappa shape index (κ3) is 11.0. The average Bonchev–Trinajstić information content (AvgIpc) is 2.66. The molecule has 1 heterocycles. The second-order valence-electron chi connectivity index (χ2n) is 7.31. The standard InChI is InChI=1S/C20H31F3N4O.HI/c1-24-19(25-10-7-16-8-11-27(2)12-9-16)26-13-17-3-5-18(6-4-17)14-28-15-20(21,22)23;/h3-6,16H,7-15H2,1-2H3,(H2,24,25,26);1H. The van der Waals surface area contributed by atoms with Gasteiger partial charge in [-0.3, -0.25) is 4.99 Å². The molecule has 9 heteroatoms. The van der Waals surface area contributed by atoms with E-state index >= 15 is 0 Å². The Morgan fingerprint density at radius 3 is 2.34 bits per heavy atom. The van der Waals surface area contributed by atoms with Crippen LogP contribution < -0.4 is 10.6 Å². The van der Waals surface area contributed by atoms with Crippen LogP contribution in [0.5, 0.6) is 0 Å². The Kier molecular flexibility index (Phi) is 11.9. The second-order valence-corrected chi connectivity index (χ2v) is 7.31. The van der Waals surface area contributed by atoms with Gasteiger partial charge in [0.05, 0.1) is 6.61 Å².